The molecule has 1 aromatic heterocycles. The van der Waals surface area contributed by atoms with Crippen molar-refractivity contribution in [3.05, 3.63) is 89.7 Å². The molecule has 5 rings (SSSR count). The molecular weight excluding hydrogens is 564 g/mol. The Hall–Kier alpha value is -5.26. The minimum Gasteiger partial charge on any atom is -0.494 e. The third-order valence-corrected chi connectivity index (χ3v) is 7.21. The van der Waals surface area contributed by atoms with Gasteiger partial charge in [-0.1, -0.05) is 41.6 Å². The van der Waals surface area contributed by atoms with Crippen LogP contribution in [0.25, 0.3) is 0 Å². The van der Waals surface area contributed by atoms with Crippen LogP contribution in [0.5, 0.6) is 11.5 Å². The Morgan fingerprint density at radius 1 is 0.955 bits per heavy atom. The highest BCUT2D eigenvalue weighted by molar-refractivity contribution is 6.06. The Balaban J connectivity index is 1.22. The van der Waals surface area contributed by atoms with E-state index in [1.807, 2.05) is 18.2 Å². The van der Waals surface area contributed by atoms with Crippen molar-refractivity contribution in [2.75, 3.05) is 23.4 Å². The lowest BCUT2D eigenvalue weighted by Crippen LogP contribution is -2.40. The van der Waals surface area contributed by atoms with E-state index in [1.54, 1.807) is 47.4 Å². The van der Waals surface area contributed by atoms with Crippen molar-refractivity contribution >= 4 is 29.2 Å². The highest BCUT2D eigenvalue weighted by atomic mass is 16.5. The summed E-state index contributed by atoms with van der Waals surface area (Å²) in [4.78, 5) is 38.9. The SMILES string of the molecule is O=C(O)CCCCC(=O)N1CC(c2nn[nH]n2)Oc2c(NC(=O)c3ccc(OCCCCc4ccccc4)cc3)cccc21. The van der Waals surface area contributed by atoms with E-state index < -0.39 is 12.1 Å². The molecule has 3 N–H and O–H groups in total. The Labute approximate surface area is 254 Å². The lowest BCUT2D eigenvalue weighted by Gasteiger charge is -2.34. The van der Waals surface area contributed by atoms with Gasteiger partial charge < -0.3 is 24.8 Å². The van der Waals surface area contributed by atoms with Gasteiger partial charge in [0.2, 0.25) is 11.7 Å². The molecule has 12 nitrogen and oxygen atoms in total. The van der Waals surface area contributed by atoms with Gasteiger partial charge in [0.15, 0.2) is 11.9 Å². The zero-order valence-corrected chi connectivity index (χ0v) is 24.1. The van der Waals surface area contributed by atoms with Gasteiger partial charge in [0.25, 0.3) is 5.91 Å². The second kappa shape index (κ2) is 14.8. The highest BCUT2D eigenvalue weighted by Gasteiger charge is 2.34. The number of hydrogen-bond acceptors (Lipinski definition) is 8. The molecule has 1 aliphatic heterocycles. The first-order chi connectivity index (χ1) is 21.5. The molecule has 12 heteroatoms. The zero-order chi connectivity index (χ0) is 30.7. The molecule has 0 saturated heterocycles. The molecule has 0 radical (unpaired) electrons. The van der Waals surface area contributed by atoms with Gasteiger partial charge in [-0.25, -0.2) is 0 Å². The maximum atomic E-state index is 13.2. The van der Waals surface area contributed by atoms with Crippen molar-refractivity contribution in [1.82, 2.24) is 20.6 Å². The van der Waals surface area contributed by atoms with Crippen molar-refractivity contribution in [2.24, 2.45) is 0 Å². The zero-order valence-electron chi connectivity index (χ0n) is 24.1. The van der Waals surface area contributed by atoms with E-state index in [4.69, 9.17) is 14.6 Å². The Bertz CT molecular complexity index is 1550. The van der Waals surface area contributed by atoms with Crippen LogP contribution < -0.4 is 19.7 Å². The fourth-order valence-electron chi connectivity index (χ4n) is 4.93. The normalized spacial score (nSPS) is 13.9. The Kier molecular flexibility index (Phi) is 10.1. The van der Waals surface area contributed by atoms with Gasteiger partial charge in [-0.05, 0) is 74.1 Å². The minimum atomic E-state index is -0.900. The van der Waals surface area contributed by atoms with Crippen LogP contribution in [0.4, 0.5) is 11.4 Å². The molecule has 1 unspecified atom stereocenters. The summed E-state index contributed by atoms with van der Waals surface area (Å²) in [6, 6.07) is 22.4. The summed E-state index contributed by atoms with van der Waals surface area (Å²) in [6.45, 7) is 0.720. The topological polar surface area (TPSA) is 160 Å². The summed E-state index contributed by atoms with van der Waals surface area (Å²) < 4.78 is 12.1. The third kappa shape index (κ3) is 7.97. The van der Waals surface area contributed by atoms with Gasteiger partial charge in [0.1, 0.15) is 5.75 Å². The van der Waals surface area contributed by atoms with Crippen molar-refractivity contribution in [1.29, 1.82) is 0 Å². The van der Waals surface area contributed by atoms with Crippen molar-refractivity contribution in [2.45, 2.75) is 51.0 Å². The lowest BCUT2D eigenvalue weighted by molar-refractivity contribution is -0.137. The highest BCUT2D eigenvalue weighted by Crippen LogP contribution is 2.43. The Morgan fingerprint density at radius 3 is 2.50 bits per heavy atom. The number of aryl methyl sites for hydroxylation is 1. The molecule has 0 fully saturated rings. The number of tetrazole rings is 1. The predicted molar refractivity (Wildman–Crippen MR) is 162 cm³/mol. The summed E-state index contributed by atoms with van der Waals surface area (Å²) in [7, 11) is 0. The maximum Gasteiger partial charge on any atom is 0.303 e. The Morgan fingerprint density at radius 2 is 1.75 bits per heavy atom. The summed E-state index contributed by atoms with van der Waals surface area (Å²) in [6.07, 6.45) is 3.18. The molecule has 2 heterocycles. The smallest absolute Gasteiger partial charge is 0.303 e. The molecule has 44 heavy (non-hydrogen) atoms. The van der Waals surface area contributed by atoms with Crippen LogP contribution in [0, 0.1) is 0 Å². The summed E-state index contributed by atoms with van der Waals surface area (Å²) in [5.74, 6) is -0.213. The number of anilines is 2. The first kappa shape index (κ1) is 30.2. The number of aliphatic carboxylic acids is 1. The second-order valence-corrected chi connectivity index (χ2v) is 10.4. The van der Waals surface area contributed by atoms with E-state index in [-0.39, 0.29) is 37.0 Å². The number of carbonyl (C=O) groups is 3. The average molecular weight is 599 g/mol. The van der Waals surface area contributed by atoms with E-state index in [9.17, 15) is 14.4 Å². The van der Waals surface area contributed by atoms with Gasteiger partial charge in [-0.2, -0.15) is 5.21 Å². The van der Waals surface area contributed by atoms with Crippen molar-refractivity contribution < 1.29 is 29.0 Å². The van der Waals surface area contributed by atoms with Crippen molar-refractivity contribution in [3.8, 4) is 11.5 Å². The second-order valence-electron chi connectivity index (χ2n) is 10.4. The number of para-hydroxylation sites is 1. The monoisotopic (exact) mass is 598 g/mol. The van der Waals surface area contributed by atoms with Crippen LogP contribution in [0.2, 0.25) is 0 Å². The number of carboxylic acids is 1. The lowest BCUT2D eigenvalue weighted by atomic mass is 10.1. The summed E-state index contributed by atoms with van der Waals surface area (Å²) in [5.41, 5.74) is 2.60. The van der Waals surface area contributed by atoms with Crippen LogP contribution in [-0.4, -0.2) is 56.7 Å². The number of rotatable bonds is 14. The number of nitrogens with one attached hydrogen (secondary N) is 2. The first-order valence-corrected chi connectivity index (χ1v) is 14.6. The van der Waals surface area contributed by atoms with Gasteiger partial charge in [0.05, 0.1) is 24.5 Å². The largest absolute Gasteiger partial charge is 0.494 e. The number of hydrogen-bond donors (Lipinski definition) is 3. The van der Waals surface area contributed by atoms with E-state index in [1.165, 1.54) is 5.56 Å². The number of aromatic amines is 1. The number of carbonyl (C=O) groups excluding carboxylic acids is 2. The van der Waals surface area contributed by atoms with Crippen LogP contribution in [0.3, 0.4) is 0 Å². The number of aromatic nitrogens is 4. The molecule has 4 aromatic rings. The van der Waals surface area contributed by atoms with Crippen LogP contribution in [0.15, 0.2) is 72.8 Å². The fourth-order valence-corrected chi connectivity index (χ4v) is 4.93. The number of benzene rings is 3. The van der Waals surface area contributed by atoms with Gasteiger partial charge in [0, 0.05) is 18.4 Å². The number of unbranched alkanes of at least 4 members (excludes halogenated alkanes) is 2. The standard InChI is InChI=1S/C32H34N6O6/c39-28(14-4-5-15-29(40)41)38-21-27(31-34-36-37-35-31)44-30-25(12-8-13-26(30)38)33-32(42)23-16-18-24(19-17-23)43-20-7-6-11-22-9-2-1-3-10-22/h1-3,8-10,12-13,16-19,27H,4-7,11,14-15,20-21H2,(H,33,42)(H,40,41)(H,34,35,36,37). The van der Waals surface area contributed by atoms with Crippen LogP contribution >= 0.6 is 0 Å². The molecule has 228 valence electrons. The number of carboxylic acid groups (broad SMARTS) is 1. The minimum absolute atomic E-state index is 0.00347. The van der Waals surface area contributed by atoms with Crippen molar-refractivity contribution in [3.63, 3.8) is 0 Å². The summed E-state index contributed by atoms with van der Waals surface area (Å²) in [5, 5.41) is 25.8. The van der Waals surface area contributed by atoms with E-state index in [0.717, 1.165) is 19.3 Å². The summed E-state index contributed by atoms with van der Waals surface area (Å²) >= 11 is 0. The molecule has 1 aliphatic rings. The van der Waals surface area contributed by atoms with Crippen LogP contribution in [0.1, 0.15) is 66.4 Å². The number of nitrogens with zero attached hydrogens (tertiary/aromatic N) is 4. The predicted octanol–water partition coefficient (Wildman–Crippen LogP) is 4.97. The molecule has 2 amide bonds. The number of ether oxygens (including phenoxy) is 2. The molecule has 0 aliphatic carbocycles. The van der Waals surface area contributed by atoms with Crippen LogP contribution in [-0.2, 0) is 16.0 Å². The number of H-pyrrole nitrogens is 1. The molecule has 0 spiro atoms. The molecular formula is C32H34N6O6. The van der Waals surface area contributed by atoms with Gasteiger partial charge in [-0.3, -0.25) is 14.4 Å². The maximum absolute atomic E-state index is 13.2. The molecule has 1 atom stereocenters. The van der Waals surface area contributed by atoms with Gasteiger partial charge in [-0.15, -0.1) is 10.2 Å². The number of fused-ring (bicyclic) bond motifs is 1. The van der Waals surface area contributed by atoms with Gasteiger partial charge >= 0.3 is 5.97 Å². The molecule has 3 aromatic carbocycles. The quantitative estimate of drug-likeness (QED) is 0.170. The van der Waals surface area contributed by atoms with E-state index in [2.05, 4.69) is 38.1 Å². The van der Waals surface area contributed by atoms with E-state index in [0.29, 0.717) is 47.9 Å². The van der Waals surface area contributed by atoms with E-state index >= 15 is 0 Å². The molecule has 0 bridgehead atoms. The average Bonchev–Trinajstić information content (AvgIpc) is 3.59. The first-order valence-electron chi connectivity index (χ1n) is 14.6. The fraction of sp³-hybridized carbons (Fsp3) is 0.312. The molecule has 0 saturated carbocycles. The third-order valence-electron chi connectivity index (χ3n) is 7.21. The number of amides is 2.